The van der Waals surface area contributed by atoms with Crippen molar-refractivity contribution in [3.63, 3.8) is 0 Å². The van der Waals surface area contributed by atoms with E-state index in [0.717, 1.165) is 17.1 Å². The largest absolute Gasteiger partial charge is 0.345 e. The summed E-state index contributed by atoms with van der Waals surface area (Å²) in [7, 11) is 2.19. The molecule has 2 aliphatic carbocycles. The van der Waals surface area contributed by atoms with Crippen molar-refractivity contribution >= 4 is 28.4 Å². The fourth-order valence-electron chi connectivity index (χ4n) is 10.9. The van der Waals surface area contributed by atoms with E-state index in [0.29, 0.717) is 0 Å². The van der Waals surface area contributed by atoms with Gasteiger partial charge in [0.1, 0.15) is 0 Å². The van der Waals surface area contributed by atoms with Crippen molar-refractivity contribution in [2.75, 3.05) is 16.8 Å². The molecule has 2 heteroatoms. The Hall–Kier alpha value is -6.64. The summed E-state index contributed by atoms with van der Waals surface area (Å²) in [5, 5.41) is 0. The molecule has 330 valence electrons. The van der Waals surface area contributed by atoms with Gasteiger partial charge in [-0.25, -0.2) is 0 Å². The van der Waals surface area contributed by atoms with Gasteiger partial charge in [0, 0.05) is 40.9 Å². The van der Waals surface area contributed by atoms with E-state index in [1.807, 2.05) is 0 Å². The summed E-state index contributed by atoms with van der Waals surface area (Å²) in [6.07, 6.45) is 14.9. The standard InChI is InChI=1S/C64H64N2/c1-4-6-8-16-41-64(42-17-9-7-5-2)62-45-53(48-29-35-55(36-30-48)65(3)59-24-18-19-50(44-59)52-28-26-47-25-27-51(47)43-52)33-39-60(62)61-40-34-54(46-63(61)64)49-31-37-58(38-32-49)66(56-20-12-10-13-21-56)57-22-14-11-15-23-57/h10-15,18-24,26,28-40,43-46H,4-9,16-17,25,27,41-42H2,1-3H3. The monoisotopic (exact) mass is 861 g/mol. The molecule has 0 spiro atoms. The predicted octanol–water partition coefficient (Wildman–Crippen LogP) is 18.2. The highest BCUT2D eigenvalue weighted by atomic mass is 15.1. The van der Waals surface area contributed by atoms with Gasteiger partial charge in [-0.1, -0.05) is 180 Å². The number of benzene rings is 8. The van der Waals surface area contributed by atoms with Crippen LogP contribution in [0.2, 0.25) is 0 Å². The smallest absolute Gasteiger partial charge is 0.0462 e. The molecule has 0 fully saturated rings. The zero-order valence-corrected chi connectivity index (χ0v) is 39.3. The van der Waals surface area contributed by atoms with E-state index in [-0.39, 0.29) is 5.41 Å². The zero-order valence-electron chi connectivity index (χ0n) is 39.3. The molecule has 0 N–H and O–H groups in total. The summed E-state index contributed by atoms with van der Waals surface area (Å²) in [6.45, 7) is 4.66. The van der Waals surface area contributed by atoms with Crippen LogP contribution in [0.1, 0.15) is 100 Å². The Labute approximate surface area is 394 Å². The van der Waals surface area contributed by atoms with Gasteiger partial charge in [0.2, 0.25) is 0 Å². The summed E-state index contributed by atoms with van der Waals surface area (Å²) >= 11 is 0. The molecule has 0 atom stereocenters. The molecule has 2 aliphatic rings. The Bertz CT molecular complexity index is 2840. The fraction of sp³-hybridized carbons (Fsp3) is 0.250. The highest BCUT2D eigenvalue weighted by Crippen LogP contribution is 2.56. The summed E-state index contributed by atoms with van der Waals surface area (Å²) in [4.78, 5) is 4.66. The van der Waals surface area contributed by atoms with Crippen molar-refractivity contribution in [2.24, 2.45) is 0 Å². The average Bonchev–Trinajstić information content (AvgIpc) is 3.63. The molecule has 0 unspecified atom stereocenters. The van der Waals surface area contributed by atoms with Crippen LogP contribution in [0.4, 0.5) is 28.4 Å². The summed E-state index contributed by atoms with van der Waals surface area (Å²) in [5.74, 6) is 0. The first kappa shape index (κ1) is 43.3. The second-order valence-electron chi connectivity index (χ2n) is 18.9. The quantitative estimate of drug-likeness (QED) is 0.0793. The molecule has 0 heterocycles. The van der Waals surface area contributed by atoms with Crippen LogP contribution < -0.4 is 9.80 Å². The molecular weight excluding hydrogens is 797 g/mol. The number of unbranched alkanes of at least 4 members (excludes halogenated alkanes) is 6. The Morgan fingerprint density at radius 1 is 0.364 bits per heavy atom. The lowest BCUT2D eigenvalue weighted by Crippen LogP contribution is -2.25. The number of fused-ring (bicyclic) bond motifs is 4. The van der Waals surface area contributed by atoms with Crippen LogP contribution in [0.15, 0.2) is 188 Å². The van der Waals surface area contributed by atoms with Crippen LogP contribution in [0.25, 0.3) is 44.5 Å². The van der Waals surface area contributed by atoms with Gasteiger partial charge >= 0.3 is 0 Å². The third-order valence-electron chi connectivity index (χ3n) is 14.8. The fourth-order valence-corrected chi connectivity index (χ4v) is 10.9. The molecule has 66 heavy (non-hydrogen) atoms. The minimum Gasteiger partial charge on any atom is -0.345 e. The number of aryl methyl sites for hydroxylation is 2. The predicted molar refractivity (Wildman–Crippen MR) is 283 cm³/mol. The highest BCUT2D eigenvalue weighted by molar-refractivity contribution is 5.87. The number of rotatable bonds is 18. The lowest BCUT2D eigenvalue weighted by Gasteiger charge is -2.33. The number of hydrogen-bond donors (Lipinski definition) is 0. The summed E-state index contributed by atoms with van der Waals surface area (Å²) < 4.78 is 0. The van der Waals surface area contributed by atoms with Crippen LogP contribution in [-0.2, 0) is 18.3 Å². The molecule has 0 aliphatic heterocycles. The topological polar surface area (TPSA) is 6.48 Å². The van der Waals surface area contributed by atoms with Gasteiger partial charge in [-0.3, -0.25) is 0 Å². The van der Waals surface area contributed by atoms with Gasteiger partial charge in [0.25, 0.3) is 0 Å². The second kappa shape index (κ2) is 19.4. The third kappa shape index (κ3) is 8.62. The molecule has 0 amide bonds. The van der Waals surface area contributed by atoms with E-state index >= 15 is 0 Å². The van der Waals surface area contributed by atoms with Gasteiger partial charge in [-0.05, 0) is 165 Å². The first-order chi connectivity index (χ1) is 32.5. The molecule has 2 nitrogen and oxygen atoms in total. The van der Waals surface area contributed by atoms with Gasteiger partial charge < -0.3 is 9.80 Å². The number of hydrogen-bond acceptors (Lipinski definition) is 2. The van der Waals surface area contributed by atoms with E-state index in [4.69, 9.17) is 0 Å². The van der Waals surface area contributed by atoms with Crippen LogP contribution in [0.3, 0.4) is 0 Å². The molecule has 8 aromatic carbocycles. The van der Waals surface area contributed by atoms with Crippen LogP contribution in [-0.4, -0.2) is 7.05 Å². The van der Waals surface area contributed by atoms with Crippen LogP contribution >= 0.6 is 0 Å². The van der Waals surface area contributed by atoms with E-state index in [2.05, 4.69) is 219 Å². The number of para-hydroxylation sites is 2. The zero-order chi connectivity index (χ0) is 44.9. The molecule has 0 radical (unpaired) electrons. The first-order valence-corrected chi connectivity index (χ1v) is 24.9. The maximum absolute atomic E-state index is 2.59. The van der Waals surface area contributed by atoms with E-state index < -0.39 is 0 Å². The maximum atomic E-state index is 2.59. The van der Waals surface area contributed by atoms with Crippen molar-refractivity contribution in [1.29, 1.82) is 0 Å². The minimum absolute atomic E-state index is 0.0274. The first-order valence-electron chi connectivity index (χ1n) is 24.9. The Morgan fingerprint density at radius 3 is 1.33 bits per heavy atom. The van der Waals surface area contributed by atoms with Crippen molar-refractivity contribution < 1.29 is 0 Å². The average molecular weight is 861 g/mol. The van der Waals surface area contributed by atoms with Crippen LogP contribution in [0, 0.1) is 0 Å². The molecular formula is C64H64N2. The van der Waals surface area contributed by atoms with Gasteiger partial charge in [-0.15, -0.1) is 0 Å². The van der Waals surface area contributed by atoms with E-state index in [1.54, 1.807) is 0 Å². The lowest BCUT2D eigenvalue weighted by atomic mass is 9.70. The lowest BCUT2D eigenvalue weighted by molar-refractivity contribution is 0.401. The van der Waals surface area contributed by atoms with Crippen LogP contribution in [0.5, 0.6) is 0 Å². The van der Waals surface area contributed by atoms with E-state index in [9.17, 15) is 0 Å². The molecule has 8 aromatic rings. The van der Waals surface area contributed by atoms with Crippen molar-refractivity contribution in [3.05, 3.63) is 210 Å². The minimum atomic E-state index is -0.0274. The normalized spacial score (nSPS) is 13.1. The van der Waals surface area contributed by atoms with Gasteiger partial charge in [0.15, 0.2) is 0 Å². The highest BCUT2D eigenvalue weighted by Gasteiger charge is 2.42. The SMILES string of the molecule is CCCCCCC1(CCCCCC)c2cc(-c3ccc(N(C)c4cccc(-c5ccc6c(c5)CC6)c4)cc3)ccc2-c2ccc(-c3ccc(N(c4ccccc4)c4ccccc4)cc3)cc21. The Kier molecular flexibility index (Phi) is 12.7. The Morgan fingerprint density at radius 2 is 0.818 bits per heavy atom. The van der Waals surface area contributed by atoms with Gasteiger partial charge in [0.05, 0.1) is 0 Å². The maximum Gasteiger partial charge on any atom is 0.0462 e. The van der Waals surface area contributed by atoms with Crippen molar-refractivity contribution in [3.8, 4) is 44.5 Å². The van der Waals surface area contributed by atoms with Gasteiger partial charge in [-0.2, -0.15) is 0 Å². The van der Waals surface area contributed by atoms with Crippen molar-refractivity contribution in [2.45, 2.75) is 96.3 Å². The molecule has 0 saturated carbocycles. The molecule has 0 bridgehead atoms. The summed E-state index contributed by atoms with van der Waals surface area (Å²) in [6, 6.07) is 70.7. The number of anilines is 5. The summed E-state index contributed by atoms with van der Waals surface area (Å²) in [5.41, 5.74) is 22.5. The van der Waals surface area contributed by atoms with E-state index in [1.165, 1.54) is 155 Å². The molecule has 0 saturated heterocycles. The van der Waals surface area contributed by atoms with Crippen molar-refractivity contribution in [1.82, 2.24) is 0 Å². The molecule has 10 rings (SSSR count). The molecule has 0 aromatic heterocycles. The Balaban J connectivity index is 0.976. The third-order valence-corrected chi connectivity index (χ3v) is 14.8. The second-order valence-corrected chi connectivity index (χ2v) is 18.9. The number of nitrogens with zero attached hydrogens (tertiary/aromatic N) is 2.